The Hall–Kier alpha value is -2.84. The van der Waals surface area contributed by atoms with Crippen molar-refractivity contribution in [3.63, 3.8) is 0 Å². The number of benzene rings is 2. The molecular formula is C30H38ClN5O2S. The van der Waals surface area contributed by atoms with Crippen LogP contribution in [0.1, 0.15) is 58.8 Å². The second kappa shape index (κ2) is 14.5. The van der Waals surface area contributed by atoms with Crippen molar-refractivity contribution in [2.75, 3.05) is 25.4 Å². The third-order valence-electron chi connectivity index (χ3n) is 7.07. The second-order valence-corrected chi connectivity index (χ2v) is 11.5. The number of aromatic nitrogens is 3. The van der Waals surface area contributed by atoms with Gasteiger partial charge in [0.2, 0.25) is 11.8 Å². The molecule has 1 aliphatic heterocycles. The van der Waals surface area contributed by atoms with E-state index in [1.807, 2.05) is 75.9 Å². The summed E-state index contributed by atoms with van der Waals surface area (Å²) < 4.78 is 2.02. The molecule has 9 heteroatoms. The molecule has 0 bridgehead atoms. The SMILES string of the molecule is CCCCCCC(=O)N1CCN(C(=O)CCCSc2nnc(-c3ccccc3Cl)n2-c2ccccc2)CC1C. The summed E-state index contributed by atoms with van der Waals surface area (Å²) in [6.07, 6.45) is 6.22. The van der Waals surface area contributed by atoms with E-state index in [-0.39, 0.29) is 17.9 Å². The molecule has 0 aliphatic carbocycles. The van der Waals surface area contributed by atoms with E-state index in [9.17, 15) is 9.59 Å². The minimum atomic E-state index is 0.0587. The van der Waals surface area contributed by atoms with Crippen LogP contribution >= 0.6 is 23.4 Å². The molecule has 0 radical (unpaired) electrons. The van der Waals surface area contributed by atoms with E-state index in [4.69, 9.17) is 11.6 Å². The first kappa shape index (κ1) is 29.2. The normalized spacial score (nSPS) is 15.5. The van der Waals surface area contributed by atoms with Crippen LogP contribution in [0.3, 0.4) is 0 Å². The van der Waals surface area contributed by atoms with Gasteiger partial charge < -0.3 is 9.80 Å². The minimum absolute atomic E-state index is 0.0587. The predicted octanol–water partition coefficient (Wildman–Crippen LogP) is 6.49. The van der Waals surface area contributed by atoms with Gasteiger partial charge in [0.05, 0.1) is 5.02 Å². The highest BCUT2D eigenvalue weighted by molar-refractivity contribution is 7.99. The zero-order valence-corrected chi connectivity index (χ0v) is 24.5. The summed E-state index contributed by atoms with van der Waals surface area (Å²) in [4.78, 5) is 29.5. The summed E-state index contributed by atoms with van der Waals surface area (Å²) in [6, 6.07) is 17.7. The average Bonchev–Trinajstić information content (AvgIpc) is 3.37. The lowest BCUT2D eigenvalue weighted by Gasteiger charge is -2.40. The Bertz CT molecular complexity index is 1240. The molecule has 4 rings (SSSR count). The Labute approximate surface area is 240 Å². The van der Waals surface area contributed by atoms with Crippen molar-refractivity contribution in [3.8, 4) is 17.1 Å². The lowest BCUT2D eigenvalue weighted by molar-refractivity contribution is -0.142. The Balaban J connectivity index is 1.30. The Kier molecular flexibility index (Phi) is 10.9. The van der Waals surface area contributed by atoms with E-state index in [1.165, 1.54) is 12.8 Å². The first-order chi connectivity index (χ1) is 19.0. The van der Waals surface area contributed by atoms with E-state index in [0.29, 0.717) is 43.3 Å². The van der Waals surface area contributed by atoms with Gasteiger partial charge in [0.25, 0.3) is 0 Å². The molecule has 0 spiro atoms. The van der Waals surface area contributed by atoms with Crippen molar-refractivity contribution in [2.24, 2.45) is 0 Å². The van der Waals surface area contributed by atoms with Crippen LogP contribution in [0, 0.1) is 0 Å². The summed E-state index contributed by atoms with van der Waals surface area (Å²) >= 11 is 8.07. The lowest BCUT2D eigenvalue weighted by Crippen LogP contribution is -2.55. The van der Waals surface area contributed by atoms with Gasteiger partial charge in [-0.05, 0) is 44.0 Å². The summed E-state index contributed by atoms with van der Waals surface area (Å²) in [5.74, 6) is 1.81. The highest BCUT2D eigenvalue weighted by Crippen LogP contribution is 2.32. The number of carbonyl (C=O) groups is 2. The number of rotatable bonds is 12. The third-order valence-corrected chi connectivity index (χ3v) is 8.42. The first-order valence-electron chi connectivity index (χ1n) is 14.0. The van der Waals surface area contributed by atoms with Crippen molar-refractivity contribution in [1.82, 2.24) is 24.6 Å². The molecule has 1 aliphatic rings. The topological polar surface area (TPSA) is 71.3 Å². The molecule has 1 atom stereocenters. The van der Waals surface area contributed by atoms with Crippen LogP contribution in [0.4, 0.5) is 0 Å². The van der Waals surface area contributed by atoms with Gasteiger partial charge in [-0.3, -0.25) is 14.2 Å². The number of hydrogen-bond donors (Lipinski definition) is 0. The van der Waals surface area contributed by atoms with E-state index >= 15 is 0 Å². The molecule has 208 valence electrons. The van der Waals surface area contributed by atoms with Crippen LogP contribution in [0.5, 0.6) is 0 Å². The van der Waals surface area contributed by atoms with Gasteiger partial charge in [-0.15, -0.1) is 10.2 Å². The number of piperazine rings is 1. The largest absolute Gasteiger partial charge is 0.339 e. The third kappa shape index (κ3) is 7.63. The van der Waals surface area contributed by atoms with E-state index in [2.05, 4.69) is 17.1 Å². The summed E-state index contributed by atoms with van der Waals surface area (Å²) in [5.41, 5.74) is 1.79. The molecule has 0 N–H and O–H groups in total. The molecule has 2 amide bonds. The maximum Gasteiger partial charge on any atom is 0.222 e. The standard InChI is InChI=1S/C30H38ClN5O2S/c1-3-4-5-9-17-28(38)35-20-19-34(22-23(35)2)27(37)18-12-21-39-30-33-32-29(25-15-10-11-16-26(25)31)36(30)24-13-7-6-8-14-24/h6-8,10-11,13-16,23H,3-5,9,12,17-22H2,1-2H3. The fourth-order valence-corrected chi connectivity index (χ4v) is 6.05. The van der Waals surface area contributed by atoms with Crippen LogP contribution < -0.4 is 0 Å². The van der Waals surface area contributed by atoms with Gasteiger partial charge in [-0.25, -0.2) is 0 Å². The molecule has 39 heavy (non-hydrogen) atoms. The van der Waals surface area contributed by atoms with Gasteiger partial charge in [-0.2, -0.15) is 0 Å². The summed E-state index contributed by atoms with van der Waals surface area (Å²) in [6.45, 7) is 6.07. The number of para-hydroxylation sites is 1. The Morgan fingerprint density at radius 1 is 0.923 bits per heavy atom. The molecule has 1 saturated heterocycles. The van der Waals surface area contributed by atoms with Gasteiger partial charge in [-0.1, -0.05) is 79.9 Å². The van der Waals surface area contributed by atoms with Crippen LogP contribution in [-0.4, -0.2) is 67.8 Å². The number of thioether (sulfide) groups is 1. The van der Waals surface area contributed by atoms with Crippen molar-refractivity contribution >= 4 is 35.2 Å². The second-order valence-electron chi connectivity index (χ2n) is 10.00. The number of unbranched alkanes of at least 4 members (excludes halogenated alkanes) is 3. The minimum Gasteiger partial charge on any atom is -0.339 e. The van der Waals surface area contributed by atoms with Crippen LogP contribution in [0.2, 0.25) is 5.02 Å². The van der Waals surface area contributed by atoms with Gasteiger partial charge in [0, 0.05) is 55.5 Å². The van der Waals surface area contributed by atoms with Crippen molar-refractivity contribution in [3.05, 3.63) is 59.6 Å². The summed E-state index contributed by atoms with van der Waals surface area (Å²) in [7, 11) is 0. The molecule has 2 heterocycles. The molecule has 1 unspecified atom stereocenters. The van der Waals surface area contributed by atoms with Crippen LogP contribution in [0.25, 0.3) is 17.1 Å². The molecule has 1 aromatic heterocycles. The van der Waals surface area contributed by atoms with E-state index in [1.54, 1.807) is 11.8 Å². The predicted molar refractivity (Wildman–Crippen MR) is 158 cm³/mol. The molecule has 7 nitrogen and oxygen atoms in total. The van der Waals surface area contributed by atoms with Gasteiger partial charge in [0.15, 0.2) is 11.0 Å². The number of amides is 2. The highest BCUT2D eigenvalue weighted by Gasteiger charge is 2.29. The lowest BCUT2D eigenvalue weighted by atomic mass is 10.1. The van der Waals surface area contributed by atoms with Gasteiger partial charge in [0.1, 0.15) is 0 Å². The zero-order valence-electron chi connectivity index (χ0n) is 22.9. The molecule has 2 aromatic carbocycles. The monoisotopic (exact) mass is 567 g/mol. The quantitative estimate of drug-likeness (QED) is 0.185. The Morgan fingerprint density at radius 2 is 1.67 bits per heavy atom. The first-order valence-corrected chi connectivity index (χ1v) is 15.3. The van der Waals surface area contributed by atoms with Crippen molar-refractivity contribution < 1.29 is 9.59 Å². The number of halogens is 1. The maximum absolute atomic E-state index is 13.0. The van der Waals surface area contributed by atoms with Crippen molar-refractivity contribution in [1.29, 1.82) is 0 Å². The highest BCUT2D eigenvalue weighted by atomic mass is 35.5. The molecular weight excluding hydrogens is 530 g/mol. The molecule has 1 fully saturated rings. The fraction of sp³-hybridized carbons (Fsp3) is 0.467. The smallest absolute Gasteiger partial charge is 0.222 e. The number of carbonyl (C=O) groups excluding carboxylic acids is 2. The number of hydrogen-bond acceptors (Lipinski definition) is 5. The van der Waals surface area contributed by atoms with Crippen LogP contribution in [-0.2, 0) is 9.59 Å². The van der Waals surface area contributed by atoms with E-state index < -0.39 is 0 Å². The number of nitrogens with zero attached hydrogens (tertiary/aromatic N) is 5. The maximum atomic E-state index is 13.0. The average molecular weight is 568 g/mol. The Morgan fingerprint density at radius 3 is 2.41 bits per heavy atom. The van der Waals surface area contributed by atoms with E-state index in [0.717, 1.165) is 41.4 Å². The zero-order chi connectivity index (χ0) is 27.6. The van der Waals surface area contributed by atoms with Crippen LogP contribution in [0.15, 0.2) is 59.8 Å². The van der Waals surface area contributed by atoms with Crippen molar-refractivity contribution in [2.45, 2.75) is 70.0 Å². The molecule has 3 aromatic rings. The fourth-order valence-electron chi connectivity index (χ4n) is 4.94. The summed E-state index contributed by atoms with van der Waals surface area (Å²) in [5, 5.41) is 10.3. The van der Waals surface area contributed by atoms with Gasteiger partial charge >= 0.3 is 0 Å². The molecule has 0 saturated carbocycles.